The van der Waals surface area contributed by atoms with Crippen LogP contribution in [-0.4, -0.2) is 62.3 Å². The molecule has 2 heterocycles. The van der Waals surface area contributed by atoms with Crippen molar-refractivity contribution in [1.82, 2.24) is 9.88 Å². The monoisotopic (exact) mass is 485 g/mol. The molecule has 1 aromatic carbocycles. The molecule has 8 nitrogen and oxygen atoms in total. The quantitative estimate of drug-likeness (QED) is 0.406. The Morgan fingerprint density at radius 1 is 1.09 bits per heavy atom. The molecule has 0 fully saturated rings. The van der Waals surface area contributed by atoms with E-state index in [1.54, 1.807) is 7.11 Å². The lowest BCUT2D eigenvalue weighted by Crippen LogP contribution is -2.33. The summed E-state index contributed by atoms with van der Waals surface area (Å²) in [6, 6.07) is 13.3. The number of esters is 1. The molecule has 9 heteroatoms. The van der Waals surface area contributed by atoms with Crippen LogP contribution in [0, 0.1) is 0 Å². The van der Waals surface area contributed by atoms with Gasteiger partial charge in [0.25, 0.3) is 5.91 Å². The number of amides is 1. The number of methoxy groups -OCH3 is 3. The fourth-order valence-corrected chi connectivity index (χ4v) is 4.68. The van der Waals surface area contributed by atoms with Crippen molar-refractivity contribution in [3.63, 3.8) is 0 Å². The van der Waals surface area contributed by atoms with Crippen molar-refractivity contribution in [2.45, 2.75) is 32.5 Å². The molecular weight excluding hydrogens is 454 g/mol. The molecule has 3 aromatic rings. The highest BCUT2D eigenvalue weighted by molar-refractivity contribution is 7.21. The largest absolute Gasteiger partial charge is 0.465 e. The van der Waals surface area contributed by atoms with Crippen LogP contribution in [0.5, 0.6) is 0 Å². The number of benzene rings is 1. The number of hydrogen-bond donors (Lipinski definition) is 1. The first-order chi connectivity index (χ1) is 16.4. The lowest BCUT2D eigenvalue weighted by molar-refractivity contribution is -0.126. The molecule has 0 spiro atoms. The van der Waals surface area contributed by atoms with Gasteiger partial charge in [-0.05, 0) is 31.5 Å². The lowest BCUT2D eigenvalue weighted by Gasteiger charge is -2.25. The van der Waals surface area contributed by atoms with Crippen LogP contribution in [0.25, 0.3) is 10.2 Å². The number of nitrogens with one attached hydrogen (secondary N) is 1. The minimum atomic E-state index is -0.825. The van der Waals surface area contributed by atoms with Gasteiger partial charge in [0.05, 0.1) is 25.1 Å². The Morgan fingerprint density at radius 3 is 2.44 bits per heavy atom. The molecule has 0 bridgehead atoms. The number of thiophene rings is 1. The van der Waals surface area contributed by atoms with Gasteiger partial charge in [0.1, 0.15) is 9.71 Å². The molecule has 0 radical (unpaired) electrons. The van der Waals surface area contributed by atoms with E-state index in [2.05, 4.69) is 24.1 Å². The van der Waals surface area contributed by atoms with Gasteiger partial charge in [-0.25, -0.2) is 9.78 Å². The van der Waals surface area contributed by atoms with Crippen LogP contribution >= 0.6 is 11.3 Å². The first-order valence-electron chi connectivity index (χ1n) is 11.0. The molecule has 182 valence electrons. The van der Waals surface area contributed by atoms with Crippen molar-refractivity contribution in [2.75, 3.05) is 39.8 Å². The molecule has 0 aliphatic heterocycles. The zero-order valence-electron chi connectivity index (χ0n) is 20.2. The second kappa shape index (κ2) is 12.0. The second-order valence-corrected chi connectivity index (χ2v) is 9.02. The zero-order chi connectivity index (χ0) is 24.7. The van der Waals surface area contributed by atoms with Crippen molar-refractivity contribution in [2.24, 2.45) is 0 Å². The minimum absolute atomic E-state index is 0.290. The van der Waals surface area contributed by atoms with Gasteiger partial charge in [-0.1, -0.05) is 30.3 Å². The van der Waals surface area contributed by atoms with Crippen molar-refractivity contribution in [3.05, 3.63) is 58.6 Å². The number of ether oxygens (including phenoxy) is 3. The molecule has 0 aliphatic carbocycles. The highest BCUT2D eigenvalue weighted by Gasteiger charge is 2.26. The van der Waals surface area contributed by atoms with Crippen LogP contribution in [0.15, 0.2) is 42.5 Å². The number of hydrogen-bond acceptors (Lipinski definition) is 8. The van der Waals surface area contributed by atoms with Gasteiger partial charge < -0.3 is 19.5 Å². The summed E-state index contributed by atoms with van der Waals surface area (Å²) in [6.07, 6.45) is -0.825. The summed E-state index contributed by atoms with van der Waals surface area (Å²) < 4.78 is 15.6. The highest BCUT2D eigenvalue weighted by atomic mass is 32.1. The normalized spacial score (nSPS) is 12.3. The van der Waals surface area contributed by atoms with Crippen LogP contribution in [0.1, 0.15) is 40.9 Å². The van der Waals surface area contributed by atoms with Crippen molar-refractivity contribution >= 4 is 39.1 Å². The Balaban J connectivity index is 1.94. The van der Waals surface area contributed by atoms with Crippen molar-refractivity contribution < 1.29 is 23.8 Å². The SMILES string of the molecule is COCCN(Cc1ccc2c(NC(=O)C(OC)c3ccccc3)c(C(=O)OC)sc2n1)C(C)C. The Kier molecular flexibility index (Phi) is 9.12. The third-order valence-electron chi connectivity index (χ3n) is 5.49. The Labute approximate surface area is 203 Å². The molecule has 3 rings (SSSR count). The summed E-state index contributed by atoms with van der Waals surface area (Å²) in [4.78, 5) is 33.6. The molecule has 0 aliphatic rings. The topological polar surface area (TPSA) is 90.0 Å². The van der Waals surface area contributed by atoms with E-state index in [4.69, 9.17) is 19.2 Å². The van der Waals surface area contributed by atoms with Crippen LogP contribution < -0.4 is 5.32 Å². The molecular formula is C25H31N3O5S. The van der Waals surface area contributed by atoms with Crippen LogP contribution in [0.3, 0.4) is 0 Å². The molecule has 34 heavy (non-hydrogen) atoms. The highest BCUT2D eigenvalue weighted by Crippen LogP contribution is 2.36. The fraction of sp³-hybridized carbons (Fsp3) is 0.400. The van der Waals surface area contributed by atoms with Crippen LogP contribution in [0.2, 0.25) is 0 Å². The van der Waals surface area contributed by atoms with Gasteiger partial charge in [-0.2, -0.15) is 0 Å². The maximum Gasteiger partial charge on any atom is 0.350 e. The first kappa shape index (κ1) is 25.8. The number of rotatable bonds is 11. The summed E-state index contributed by atoms with van der Waals surface area (Å²) >= 11 is 1.20. The average Bonchev–Trinajstić information content (AvgIpc) is 3.19. The van der Waals surface area contributed by atoms with Crippen molar-refractivity contribution in [1.29, 1.82) is 0 Å². The van der Waals surface area contributed by atoms with E-state index < -0.39 is 12.1 Å². The predicted molar refractivity (Wildman–Crippen MR) is 133 cm³/mol. The number of pyridine rings is 1. The van der Waals surface area contributed by atoms with Gasteiger partial charge in [0, 0.05) is 38.7 Å². The third-order valence-corrected chi connectivity index (χ3v) is 6.57. The van der Waals surface area contributed by atoms with Crippen LogP contribution in [-0.2, 0) is 25.5 Å². The minimum Gasteiger partial charge on any atom is -0.465 e. The molecule has 2 aromatic heterocycles. The zero-order valence-corrected chi connectivity index (χ0v) is 21.0. The Hall–Kier alpha value is -2.85. The number of carbonyl (C=O) groups excluding carboxylic acids is 2. The van der Waals surface area contributed by atoms with E-state index in [-0.39, 0.29) is 5.91 Å². The van der Waals surface area contributed by atoms with E-state index in [9.17, 15) is 9.59 Å². The van der Waals surface area contributed by atoms with Gasteiger partial charge >= 0.3 is 5.97 Å². The van der Waals surface area contributed by atoms with E-state index in [1.165, 1.54) is 25.6 Å². The standard InChI is InChI=1S/C25H31N3O5S/c1-16(2)28(13-14-31-3)15-18-11-12-19-20(22(25(30)33-5)34-24(19)26-18)27-23(29)21(32-4)17-9-7-6-8-10-17/h6-12,16,21H,13-15H2,1-5H3,(H,27,29). The Bertz CT molecular complexity index is 1120. The van der Waals surface area contributed by atoms with Gasteiger partial charge in [0.2, 0.25) is 0 Å². The average molecular weight is 486 g/mol. The van der Waals surface area contributed by atoms with Gasteiger partial charge in [-0.3, -0.25) is 9.69 Å². The molecule has 1 N–H and O–H groups in total. The number of anilines is 1. The van der Waals surface area contributed by atoms with Crippen molar-refractivity contribution in [3.8, 4) is 0 Å². The summed E-state index contributed by atoms with van der Waals surface area (Å²) in [6.45, 7) is 6.31. The summed E-state index contributed by atoms with van der Waals surface area (Å²) in [5, 5.41) is 3.56. The van der Waals surface area contributed by atoms with E-state index in [1.807, 2.05) is 42.5 Å². The Morgan fingerprint density at radius 2 is 1.82 bits per heavy atom. The molecule has 0 saturated carbocycles. The maximum absolute atomic E-state index is 13.1. The number of nitrogens with zero attached hydrogens (tertiary/aromatic N) is 2. The van der Waals surface area contributed by atoms with Crippen LogP contribution in [0.4, 0.5) is 5.69 Å². The third kappa shape index (κ3) is 5.98. The molecule has 1 amide bonds. The first-order valence-corrected chi connectivity index (χ1v) is 11.8. The lowest BCUT2D eigenvalue weighted by atomic mass is 10.1. The molecule has 1 atom stereocenters. The summed E-state index contributed by atoms with van der Waals surface area (Å²) in [5.41, 5.74) is 1.97. The van der Waals surface area contributed by atoms with Gasteiger partial charge in [0.15, 0.2) is 6.10 Å². The van der Waals surface area contributed by atoms with E-state index in [0.717, 1.165) is 12.2 Å². The second-order valence-electron chi connectivity index (χ2n) is 8.03. The van der Waals surface area contributed by atoms with E-state index in [0.29, 0.717) is 45.5 Å². The maximum atomic E-state index is 13.1. The van der Waals surface area contributed by atoms with E-state index >= 15 is 0 Å². The number of fused-ring (bicyclic) bond motifs is 1. The summed E-state index contributed by atoms with van der Waals surface area (Å²) in [5.74, 6) is -0.911. The number of aromatic nitrogens is 1. The predicted octanol–water partition coefficient (Wildman–Crippen LogP) is 4.27. The smallest absolute Gasteiger partial charge is 0.350 e. The number of carbonyl (C=O) groups is 2. The fourth-order valence-electron chi connectivity index (χ4n) is 3.61. The van der Waals surface area contributed by atoms with Gasteiger partial charge in [-0.15, -0.1) is 11.3 Å². The molecule has 0 saturated heterocycles. The summed E-state index contributed by atoms with van der Waals surface area (Å²) in [7, 11) is 4.47. The molecule has 1 unspecified atom stereocenters.